The Morgan fingerprint density at radius 3 is 2.71 bits per heavy atom. The van der Waals surface area contributed by atoms with Gasteiger partial charge in [0.25, 0.3) is 0 Å². The van der Waals surface area contributed by atoms with Crippen molar-refractivity contribution >= 4 is 11.9 Å². The molecule has 0 amide bonds. The van der Waals surface area contributed by atoms with Gasteiger partial charge in [-0.1, -0.05) is 44.9 Å². The molecule has 0 radical (unpaired) electrons. The average molecular weight is 211 g/mol. The van der Waals surface area contributed by atoms with Crippen LogP contribution in [-0.2, 0) is 0 Å². The van der Waals surface area contributed by atoms with Gasteiger partial charge in [-0.2, -0.15) is 0 Å². The molecular weight excluding hydrogens is 190 g/mol. The molecular formula is C12H21NS. The van der Waals surface area contributed by atoms with Crippen molar-refractivity contribution in [3.63, 3.8) is 0 Å². The SMILES string of the molecule is C=C(CC)C1=C(SN)CCCC1(C)C. The van der Waals surface area contributed by atoms with E-state index in [4.69, 9.17) is 5.14 Å². The second kappa shape index (κ2) is 4.54. The van der Waals surface area contributed by atoms with E-state index in [-0.39, 0.29) is 5.41 Å². The normalized spacial score (nSPS) is 21.1. The van der Waals surface area contributed by atoms with Crippen LogP contribution in [0, 0.1) is 5.41 Å². The van der Waals surface area contributed by atoms with E-state index in [9.17, 15) is 0 Å². The minimum atomic E-state index is 0.271. The Morgan fingerprint density at radius 1 is 1.57 bits per heavy atom. The van der Waals surface area contributed by atoms with E-state index in [0.717, 1.165) is 12.8 Å². The standard InChI is InChI=1S/C12H21NS/c1-5-9(2)11-10(14-13)7-6-8-12(11,3)4/h2,5-8,13H2,1,3-4H3. The van der Waals surface area contributed by atoms with Crippen molar-refractivity contribution in [2.24, 2.45) is 10.6 Å². The maximum Gasteiger partial charge on any atom is 0.00410 e. The monoisotopic (exact) mass is 211 g/mol. The Bertz CT molecular complexity index is 263. The van der Waals surface area contributed by atoms with Crippen molar-refractivity contribution in [2.45, 2.75) is 46.5 Å². The largest absolute Gasteiger partial charge is 0.274 e. The zero-order valence-electron chi connectivity index (χ0n) is 9.52. The minimum Gasteiger partial charge on any atom is -0.274 e. The molecule has 0 aromatic carbocycles. The molecule has 0 aromatic rings. The highest BCUT2D eigenvalue weighted by Crippen LogP contribution is 2.46. The second-order valence-corrected chi connectivity index (χ2v) is 5.34. The van der Waals surface area contributed by atoms with Crippen molar-refractivity contribution < 1.29 is 0 Å². The van der Waals surface area contributed by atoms with Crippen LogP contribution in [-0.4, -0.2) is 0 Å². The summed E-state index contributed by atoms with van der Waals surface area (Å²) in [7, 11) is 0. The van der Waals surface area contributed by atoms with Crippen LogP contribution in [0.1, 0.15) is 46.5 Å². The fourth-order valence-electron chi connectivity index (χ4n) is 2.29. The third-order valence-electron chi connectivity index (χ3n) is 3.08. The Kier molecular flexibility index (Phi) is 3.85. The van der Waals surface area contributed by atoms with Crippen LogP contribution < -0.4 is 5.14 Å². The number of nitrogens with two attached hydrogens (primary N) is 1. The van der Waals surface area contributed by atoms with E-state index in [0.29, 0.717) is 0 Å². The lowest BCUT2D eigenvalue weighted by molar-refractivity contribution is 0.377. The Balaban J connectivity index is 3.10. The third kappa shape index (κ3) is 2.23. The summed E-state index contributed by atoms with van der Waals surface area (Å²) in [6, 6.07) is 0. The summed E-state index contributed by atoms with van der Waals surface area (Å²) in [4.78, 5) is 1.35. The number of hydrogen-bond donors (Lipinski definition) is 1. The molecule has 1 aliphatic rings. The Labute approximate surface area is 92.0 Å². The van der Waals surface area contributed by atoms with Crippen LogP contribution in [0.2, 0.25) is 0 Å². The quantitative estimate of drug-likeness (QED) is 0.713. The van der Waals surface area contributed by atoms with E-state index < -0.39 is 0 Å². The van der Waals surface area contributed by atoms with Crippen molar-refractivity contribution in [2.75, 3.05) is 0 Å². The highest BCUT2D eigenvalue weighted by molar-refractivity contribution is 8.00. The number of hydrogen-bond acceptors (Lipinski definition) is 2. The molecule has 14 heavy (non-hydrogen) atoms. The molecule has 1 nitrogen and oxygen atoms in total. The molecule has 0 spiro atoms. The Morgan fingerprint density at radius 2 is 2.21 bits per heavy atom. The molecule has 1 rings (SSSR count). The van der Waals surface area contributed by atoms with Gasteiger partial charge in [-0.15, -0.1) is 0 Å². The molecule has 2 heteroatoms. The van der Waals surface area contributed by atoms with E-state index in [1.807, 2.05) is 0 Å². The molecule has 0 aliphatic heterocycles. The molecule has 0 saturated heterocycles. The highest BCUT2D eigenvalue weighted by atomic mass is 32.2. The fraction of sp³-hybridized carbons (Fsp3) is 0.667. The molecule has 0 heterocycles. The lowest BCUT2D eigenvalue weighted by Gasteiger charge is -2.35. The first-order valence-electron chi connectivity index (χ1n) is 5.31. The average Bonchev–Trinajstić information content (AvgIpc) is 2.15. The molecule has 2 N–H and O–H groups in total. The molecule has 0 fully saturated rings. The number of rotatable bonds is 3. The predicted octanol–water partition coefficient (Wildman–Crippen LogP) is 4.02. The van der Waals surface area contributed by atoms with E-state index in [1.54, 1.807) is 0 Å². The molecule has 80 valence electrons. The van der Waals surface area contributed by atoms with Crippen LogP contribution in [0.4, 0.5) is 0 Å². The first-order valence-corrected chi connectivity index (χ1v) is 6.19. The van der Waals surface area contributed by atoms with Crippen LogP contribution in [0.15, 0.2) is 22.6 Å². The summed E-state index contributed by atoms with van der Waals surface area (Å²) in [5.74, 6) is 0. The summed E-state index contributed by atoms with van der Waals surface area (Å²) >= 11 is 1.42. The van der Waals surface area contributed by atoms with Gasteiger partial charge in [0.2, 0.25) is 0 Å². The zero-order valence-corrected chi connectivity index (χ0v) is 10.3. The van der Waals surface area contributed by atoms with Gasteiger partial charge in [-0.25, -0.2) is 0 Å². The molecule has 0 aromatic heterocycles. The molecule has 0 bridgehead atoms. The van der Waals surface area contributed by atoms with E-state index in [1.165, 1.54) is 40.8 Å². The van der Waals surface area contributed by atoms with E-state index in [2.05, 4.69) is 27.4 Å². The van der Waals surface area contributed by atoms with Gasteiger partial charge in [0, 0.05) is 4.91 Å². The maximum absolute atomic E-state index is 5.72. The molecule has 0 atom stereocenters. The van der Waals surface area contributed by atoms with Crippen LogP contribution in [0.3, 0.4) is 0 Å². The van der Waals surface area contributed by atoms with Gasteiger partial charge in [0.1, 0.15) is 0 Å². The fourth-order valence-corrected chi connectivity index (χ4v) is 3.09. The van der Waals surface area contributed by atoms with Gasteiger partial charge >= 0.3 is 0 Å². The zero-order chi connectivity index (χ0) is 10.8. The topological polar surface area (TPSA) is 26.0 Å². The van der Waals surface area contributed by atoms with Crippen molar-refractivity contribution in [3.05, 3.63) is 22.6 Å². The van der Waals surface area contributed by atoms with Gasteiger partial charge in [-0.3, -0.25) is 5.14 Å². The first kappa shape index (κ1) is 11.9. The summed E-state index contributed by atoms with van der Waals surface area (Å²) in [5, 5.41) is 5.72. The summed E-state index contributed by atoms with van der Waals surface area (Å²) < 4.78 is 0. The lowest BCUT2D eigenvalue weighted by atomic mass is 9.72. The summed E-state index contributed by atoms with van der Waals surface area (Å²) in [5.41, 5.74) is 2.97. The highest BCUT2D eigenvalue weighted by Gasteiger charge is 2.30. The van der Waals surface area contributed by atoms with E-state index >= 15 is 0 Å². The maximum atomic E-state index is 5.72. The second-order valence-electron chi connectivity index (χ2n) is 4.61. The van der Waals surface area contributed by atoms with Gasteiger partial charge in [0.15, 0.2) is 0 Å². The molecule has 0 unspecified atom stereocenters. The molecule has 0 saturated carbocycles. The summed E-state index contributed by atoms with van der Waals surface area (Å²) in [6.45, 7) is 10.9. The van der Waals surface area contributed by atoms with Crippen molar-refractivity contribution in [1.29, 1.82) is 0 Å². The number of allylic oxidation sites excluding steroid dienone is 3. The lowest BCUT2D eigenvalue weighted by Crippen LogP contribution is -2.21. The smallest absolute Gasteiger partial charge is 0.00410 e. The first-order chi connectivity index (χ1) is 6.53. The summed E-state index contributed by atoms with van der Waals surface area (Å²) in [6.07, 6.45) is 4.68. The van der Waals surface area contributed by atoms with Crippen LogP contribution >= 0.6 is 11.9 Å². The molecule has 1 aliphatic carbocycles. The van der Waals surface area contributed by atoms with Crippen molar-refractivity contribution in [1.82, 2.24) is 0 Å². The van der Waals surface area contributed by atoms with Crippen molar-refractivity contribution in [3.8, 4) is 0 Å². The van der Waals surface area contributed by atoms with Crippen LogP contribution in [0.25, 0.3) is 0 Å². The minimum absolute atomic E-state index is 0.271. The third-order valence-corrected chi connectivity index (χ3v) is 3.78. The van der Waals surface area contributed by atoms with Crippen LogP contribution in [0.5, 0.6) is 0 Å². The van der Waals surface area contributed by atoms with Gasteiger partial charge in [0.05, 0.1) is 0 Å². The predicted molar refractivity (Wildman–Crippen MR) is 65.9 cm³/mol. The van der Waals surface area contributed by atoms with Gasteiger partial charge in [-0.05, 0) is 36.7 Å². The van der Waals surface area contributed by atoms with Gasteiger partial charge < -0.3 is 0 Å². The Hall–Kier alpha value is -0.210.